The summed E-state index contributed by atoms with van der Waals surface area (Å²) in [6.45, 7) is 3.96. The zero-order valence-corrected chi connectivity index (χ0v) is 15.4. The Labute approximate surface area is 155 Å². The molecule has 1 spiro atoms. The summed E-state index contributed by atoms with van der Waals surface area (Å²) < 4.78 is 7.88. The number of anilines is 1. The van der Waals surface area contributed by atoms with E-state index in [1.807, 2.05) is 28.8 Å². The van der Waals surface area contributed by atoms with Crippen molar-refractivity contribution in [1.82, 2.24) is 24.7 Å². The van der Waals surface area contributed by atoms with E-state index in [-0.39, 0.29) is 23.4 Å². The van der Waals surface area contributed by atoms with Crippen LogP contribution in [-0.2, 0) is 9.53 Å². The zero-order valence-electron chi connectivity index (χ0n) is 14.6. The molecular formula is C17H22N6O2S. The van der Waals surface area contributed by atoms with Crippen molar-refractivity contribution < 1.29 is 9.53 Å². The molecule has 0 bridgehead atoms. The van der Waals surface area contributed by atoms with Crippen molar-refractivity contribution in [2.75, 3.05) is 43.4 Å². The van der Waals surface area contributed by atoms with Gasteiger partial charge in [0.25, 0.3) is 0 Å². The molecule has 2 aromatic rings. The number of ether oxygens (including phenoxy) is 1. The summed E-state index contributed by atoms with van der Waals surface area (Å²) in [4.78, 5) is 16.3. The highest BCUT2D eigenvalue weighted by atomic mass is 32.2. The minimum absolute atomic E-state index is 0.148. The number of carbonyl (C=O) groups excluding carboxylic acids is 1. The molecule has 9 heteroatoms. The number of likely N-dealkylation sites (tertiary alicyclic amines) is 1. The summed E-state index contributed by atoms with van der Waals surface area (Å²) in [7, 11) is 0. The second kappa shape index (κ2) is 6.38. The lowest BCUT2D eigenvalue weighted by molar-refractivity contribution is -0.136. The lowest BCUT2D eigenvalue weighted by atomic mass is 9.93. The quantitative estimate of drug-likeness (QED) is 0.784. The van der Waals surface area contributed by atoms with E-state index in [0.717, 1.165) is 62.7 Å². The van der Waals surface area contributed by atoms with Crippen molar-refractivity contribution in [3.8, 4) is 0 Å². The molecule has 8 nitrogen and oxygen atoms in total. The van der Waals surface area contributed by atoms with Gasteiger partial charge in [0.2, 0.25) is 5.91 Å². The van der Waals surface area contributed by atoms with E-state index in [4.69, 9.17) is 4.74 Å². The van der Waals surface area contributed by atoms with Crippen molar-refractivity contribution in [3.05, 3.63) is 18.5 Å². The molecule has 0 aromatic carbocycles. The predicted octanol–water partition coefficient (Wildman–Crippen LogP) is 0.828. The third kappa shape index (κ3) is 2.92. The number of rotatable bonds is 4. The molecule has 5 heterocycles. The molecular weight excluding hydrogens is 352 g/mol. The van der Waals surface area contributed by atoms with Crippen molar-refractivity contribution in [2.24, 2.45) is 0 Å². The maximum Gasteiger partial charge on any atom is 0.248 e. The Morgan fingerprint density at radius 3 is 3.00 bits per heavy atom. The standard InChI is InChI=1S/C17H22N6O2S/c24-16(21-5-1-2-6-21)8-25-13-7-17(26-9-13)10-22(11-17)15-4-3-14-19-18-12-23(14)20-15/h3-4,12-13H,1-2,5-11H2/t13-/m0/s1. The molecule has 3 aliphatic rings. The third-order valence-corrected chi connectivity index (χ3v) is 7.08. The van der Waals surface area contributed by atoms with Crippen LogP contribution in [0.15, 0.2) is 18.5 Å². The fourth-order valence-electron chi connectivity index (χ4n) is 4.08. The molecule has 3 fully saturated rings. The molecule has 3 aliphatic heterocycles. The van der Waals surface area contributed by atoms with Crippen LogP contribution in [0.1, 0.15) is 19.3 Å². The summed E-state index contributed by atoms with van der Waals surface area (Å²) in [6, 6.07) is 3.94. The first-order chi connectivity index (χ1) is 12.7. The highest BCUT2D eigenvalue weighted by Crippen LogP contribution is 2.47. The van der Waals surface area contributed by atoms with Gasteiger partial charge in [-0.3, -0.25) is 4.79 Å². The van der Waals surface area contributed by atoms with E-state index in [1.165, 1.54) is 0 Å². The summed E-state index contributed by atoms with van der Waals surface area (Å²) in [5.41, 5.74) is 0.760. The van der Waals surface area contributed by atoms with Crippen molar-refractivity contribution in [3.63, 3.8) is 0 Å². The third-order valence-electron chi connectivity index (χ3n) is 5.51. The number of nitrogens with zero attached hydrogens (tertiary/aromatic N) is 6. The molecule has 5 rings (SSSR count). The largest absolute Gasteiger partial charge is 0.367 e. The predicted molar refractivity (Wildman–Crippen MR) is 98.4 cm³/mol. The first-order valence-corrected chi connectivity index (χ1v) is 10.1. The van der Waals surface area contributed by atoms with Crippen LogP contribution in [0.3, 0.4) is 0 Å². The van der Waals surface area contributed by atoms with Gasteiger partial charge < -0.3 is 14.5 Å². The molecule has 0 N–H and O–H groups in total. The van der Waals surface area contributed by atoms with Gasteiger partial charge in [-0.2, -0.15) is 4.52 Å². The van der Waals surface area contributed by atoms with Crippen LogP contribution in [0, 0.1) is 0 Å². The highest BCUT2D eigenvalue weighted by Gasteiger charge is 2.50. The van der Waals surface area contributed by atoms with E-state index in [2.05, 4.69) is 20.2 Å². The summed E-state index contributed by atoms with van der Waals surface area (Å²) in [5, 5.41) is 12.4. The number of carbonyl (C=O) groups is 1. The van der Waals surface area contributed by atoms with Crippen LogP contribution in [0.2, 0.25) is 0 Å². The van der Waals surface area contributed by atoms with Crippen LogP contribution >= 0.6 is 11.8 Å². The van der Waals surface area contributed by atoms with Gasteiger partial charge in [-0.25, -0.2) is 0 Å². The maximum atomic E-state index is 12.1. The molecule has 1 atom stereocenters. The van der Waals surface area contributed by atoms with E-state index >= 15 is 0 Å². The fraction of sp³-hybridized carbons (Fsp3) is 0.647. The van der Waals surface area contributed by atoms with Crippen LogP contribution in [0.4, 0.5) is 5.82 Å². The molecule has 0 radical (unpaired) electrons. The Balaban J connectivity index is 1.14. The van der Waals surface area contributed by atoms with Gasteiger partial charge in [-0.15, -0.1) is 27.1 Å². The Morgan fingerprint density at radius 1 is 1.31 bits per heavy atom. The Morgan fingerprint density at radius 2 is 2.15 bits per heavy atom. The highest BCUT2D eigenvalue weighted by molar-refractivity contribution is 8.01. The Kier molecular flexibility index (Phi) is 4.00. The van der Waals surface area contributed by atoms with Crippen molar-refractivity contribution >= 4 is 29.1 Å². The minimum Gasteiger partial charge on any atom is -0.367 e. The molecule has 138 valence electrons. The first kappa shape index (κ1) is 16.3. The lowest BCUT2D eigenvalue weighted by Gasteiger charge is -2.48. The average Bonchev–Trinajstić information content (AvgIpc) is 3.37. The lowest BCUT2D eigenvalue weighted by Crippen LogP contribution is -2.59. The maximum absolute atomic E-state index is 12.1. The molecule has 2 aromatic heterocycles. The van der Waals surface area contributed by atoms with Crippen LogP contribution in [-0.4, -0.2) is 80.0 Å². The number of fused-ring (bicyclic) bond motifs is 1. The van der Waals surface area contributed by atoms with E-state index in [0.29, 0.717) is 0 Å². The molecule has 3 saturated heterocycles. The number of hydrogen-bond acceptors (Lipinski definition) is 7. The van der Waals surface area contributed by atoms with E-state index in [1.54, 1.807) is 10.8 Å². The fourth-order valence-corrected chi connectivity index (χ4v) is 5.63. The second-order valence-corrected chi connectivity index (χ2v) is 8.89. The topological polar surface area (TPSA) is 75.9 Å². The molecule has 0 saturated carbocycles. The summed E-state index contributed by atoms with van der Waals surface area (Å²) in [6.07, 6.45) is 5.07. The van der Waals surface area contributed by atoms with Crippen LogP contribution in [0.25, 0.3) is 5.65 Å². The van der Waals surface area contributed by atoms with Crippen LogP contribution in [0.5, 0.6) is 0 Å². The number of aromatic nitrogens is 4. The van der Waals surface area contributed by atoms with Gasteiger partial charge in [0, 0.05) is 31.9 Å². The SMILES string of the molecule is O=C(CO[C@@H]1CSC2(C1)CN(c1ccc3nncn3n1)C2)N1CCCC1. The zero-order chi connectivity index (χ0) is 17.6. The van der Waals surface area contributed by atoms with Crippen LogP contribution < -0.4 is 4.90 Å². The summed E-state index contributed by atoms with van der Waals surface area (Å²) >= 11 is 1.98. The monoisotopic (exact) mass is 374 g/mol. The number of thioether (sulfide) groups is 1. The molecule has 26 heavy (non-hydrogen) atoms. The number of amides is 1. The van der Waals surface area contributed by atoms with Crippen molar-refractivity contribution in [2.45, 2.75) is 30.1 Å². The molecule has 0 unspecified atom stereocenters. The smallest absolute Gasteiger partial charge is 0.248 e. The van der Waals surface area contributed by atoms with Gasteiger partial charge in [-0.1, -0.05) is 0 Å². The minimum atomic E-state index is 0.148. The van der Waals surface area contributed by atoms with Gasteiger partial charge in [-0.05, 0) is 31.4 Å². The van der Waals surface area contributed by atoms with Gasteiger partial charge in [0.1, 0.15) is 18.8 Å². The van der Waals surface area contributed by atoms with Gasteiger partial charge in [0.15, 0.2) is 5.65 Å². The molecule has 1 amide bonds. The summed E-state index contributed by atoms with van der Waals surface area (Å²) in [5.74, 6) is 2.08. The van der Waals surface area contributed by atoms with Crippen molar-refractivity contribution in [1.29, 1.82) is 0 Å². The van der Waals surface area contributed by atoms with E-state index in [9.17, 15) is 4.79 Å². The second-order valence-electron chi connectivity index (χ2n) is 7.40. The van der Waals surface area contributed by atoms with Gasteiger partial charge >= 0.3 is 0 Å². The average molecular weight is 374 g/mol. The van der Waals surface area contributed by atoms with E-state index < -0.39 is 0 Å². The Hall–Kier alpha value is -1.87. The normalized spacial score (nSPS) is 24.5. The first-order valence-electron chi connectivity index (χ1n) is 9.16. The molecule has 0 aliphatic carbocycles. The number of hydrogen-bond donors (Lipinski definition) is 0. The van der Waals surface area contributed by atoms with Gasteiger partial charge in [0.05, 0.1) is 10.9 Å². The Bertz CT molecular complexity index is 814.